The van der Waals surface area contributed by atoms with Crippen molar-refractivity contribution in [2.24, 2.45) is 0 Å². The number of nitrogens with zero attached hydrogens (tertiary/aromatic N) is 1. The minimum absolute atomic E-state index is 0.0744. The molecular weight excluding hydrogens is 463 g/mol. The number of allylic oxidation sites excluding steroid dienone is 1. The van der Waals surface area contributed by atoms with E-state index in [0.717, 1.165) is 39.6 Å². The molecule has 2 aromatic carbocycles. The van der Waals surface area contributed by atoms with Gasteiger partial charge in [-0.25, -0.2) is 4.98 Å². The van der Waals surface area contributed by atoms with Gasteiger partial charge in [0, 0.05) is 34.2 Å². The predicted molar refractivity (Wildman–Crippen MR) is 139 cm³/mol. The highest BCUT2D eigenvalue weighted by atomic mass is 32.2. The topological polar surface area (TPSA) is 83.8 Å². The van der Waals surface area contributed by atoms with E-state index in [1.54, 1.807) is 12.1 Å². The van der Waals surface area contributed by atoms with Crippen molar-refractivity contribution in [1.82, 2.24) is 4.98 Å². The maximum Gasteiger partial charge on any atom is 0.214 e. The van der Waals surface area contributed by atoms with Crippen molar-refractivity contribution in [2.75, 3.05) is 18.4 Å². The monoisotopic (exact) mass is 493 g/mol. The summed E-state index contributed by atoms with van der Waals surface area (Å²) in [6.07, 6.45) is 4.05. The Morgan fingerprint density at radius 1 is 1.23 bits per heavy atom. The first-order valence-electron chi connectivity index (χ1n) is 11.6. The molecule has 35 heavy (non-hydrogen) atoms. The van der Waals surface area contributed by atoms with Gasteiger partial charge in [-0.3, -0.25) is 0 Å². The molecule has 3 aromatic rings. The molecule has 0 bridgehead atoms. The van der Waals surface area contributed by atoms with Crippen LogP contribution in [0.3, 0.4) is 0 Å². The average molecular weight is 494 g/mol. The number of rotatable bonds is 9. The number of hydrogen-bond acceptors (Lipinski definition) is 6. The second-order valence-electron chi connectivity index (χ2n) is 8.43. The van der Waals surface area contributed by atoms with E-state index in [2.05, 4.69) is 27.9 Å². The molecule has 4 rings (SSSR count). The highest BCUT2D eigenvalue weighted by molar-refractivity contribution is 8.00. The minimum Gasteiger partial charge on any atom is -0.493 e. The Labute approximate surface area is 209 Å². The molecule has 182 valence electrons. The normalized spacial score (nSPS) is 15.3. The molecule has 0 saturated heterocycles. The van der Waals surface area contributed by atoms with Crippen LogP contribution >= 0.6 is 11.9 Å². The van der Waals surface area contributed by atoms with Crippen LogP contribution in [-0.4, -0.2) is 31.0 Å². The van der Waals surface area contributed by atoms with E-state index in [4.69, 9.17) is 14.9 Å². The van der Waals surface area contributed by atoms with E-state index >= 15 is 0 Å². The number of nitrogens with one attached hydrogen (secondary N) is 2. The van der Waals surface area contributed by atoms with Crippen LogP contribution in [0.5, 0.6) is 11.5 Å². The van der Waals surface area contributed by atoms with E-state index in [9.17, 15) is 4.39 Å². The van der Waals surface area contributed by atoms with Crippen molar-refractivity contribution in [3.05, 3.63) is 83.3 Å². The van der Waals surface area contributed by atoms with Crippen LogP contribution in [0.15, 0.2) is 65.6 Å². The number of hydrogen-bond donors (Lipinski definition) is 3. The molecule has 1 aromatic heterocycles. The fourth-order valence-electron chi connectivity index (χ4n) is 4.20. The summed E-state index contributed by atoms with van der Waals surface area (Å²) in [6, 6.07) is 17.0. The van der Waals surface area contributed by atoms with E-state index < -0.39 is 5.95 Å². The third kappa shape index (κ3) is 6.01. The fourth-order valence-corrected chi connectivity index (χ4v) is 4.84. The molecule has 1 aliphatic rings. The molecule has 0 radical (unpaired) electrons. The smallest absolute Gasteiger partial charge is 0.214 e. The van der Waals surface area contributed by atoms with E-state index in [0.29, 0.717) is 12.4 Å². The molecular formula is C27H30FN4O2S+. The average Bonchev–Trinajstić information content (AvgIpc) is 2.85. The molecule has 1 aliphatic heterocycles. The summed E-state index contributed by atoms with van der Waals surface area (Å²) >= 11 is 1.36. The first-order chi connectivity index (χ1) is 17.0. The highest BCUT2D eigenvalue weighted by Gasteiger charge is 2.27. The third-order valence-electron chi connectivity index (χ3n) is 5.67. The molecule has 0 spiro atoms. The number of aromatic nitrogens is 1. The summed E-state index contributed by atoms with van der Waals surface area (Å²) in [6.45, 7) is 4.63. The molecule has 0 saturated carbocycles. The molecule has 0 aliphatic carbocycles. The standard InChI is InChI=1S/C27H29FN4O2S/c1-17(2)34-18-7-9-20(23(15-18)24(30-3)11-13-29)21-12-14-33-25-16-19(8-10-22(21)25)35-32-27-6-4-5-26(28)31-27/h4-11,13,15-17,21,29-30H,12,14H2,1-3H3,(H,31,32)/p+1. The van der Waals surface area contributed by atoms with Crippen molar-refractivity contribution in [3.63, 3.8) is 0 Å². The lowest BCUT2D eigenvalue weighted by atomic mass is 9.83. The first kappa shape index (κ1) is 24.8. The molecule has 1 unspecified atom stereocenters. The van der Waals surface area contributed by atoms with Crippen LogP contribution in [0, 0.1) is 11.4 Å². The van der Waals surface area contributed by atoms with Crippen molar-refractivity contribution >= 4 is 29.7 Å². The Hall–Kier alpha value is -3.36. The largest absolute Gasteiger partial charge is 0.493 e. The van der Waals surface area contributed by atoms with E-state index in [-0.39, 0.29) is 12.0 Å². The van der Waals surface area contributed by atoms with Gasteiger partial charge in [0.15, 0.2) is 0 Å². The molecule has 4 N–H and O–H groups in total. The maximum atomic E-state index is 13.4. The van der Waals surface area contributed by atoms with Gasteiger partial charge < -0.3 is 24.9 Å². The zero-order valence-corrected chi connectivity index (χ0v) is 20.9. The number of benzene rings is 2. The van der Waals surface area contributed by atoms with E-state index in [1.165, 1.54) is 29.8 Å². The van der Waals surface area contributed by atoms with Gasteiger partial charge >= 0.3 is 0 Å². The van der Waals surface area contributed by atoms with Gasteiger partial charge in [-0.05, 0) is 74.2 Å². The molecule has 0 amide bonds. The molecule has 0 fully saturated rings. The Bertz CT molecular complexity index is 1230. The summed E-state index contributed by atoms with van der Waals surface area (Å²) in [5.74, 6) is 1.74. The lowest BCUT2D eigenvalue weighted by Gasteiger charge is -2.28. The van der Waals surface area contributed by atoms with Crippen LogP contribution in [0.2, 0.25) is 0 Å². The highest BCUT2D eigenvalue weighted by Crippen LogP contribution is 2.42. The van der Waals surface area contributed by atoms with Gasteiger partial charge in [-0.2, -0.15) is 4.39 Å². The van der Waals surface area contributed by atoms with Gasteiger partial charge in [-0.1, -0.05) is 18.2 Å². The second-order valence-corrected chi connectivity index (χ2v) is 9.31. The lowest BCUT2D eigenvalue weighted by molar-refractivity contribution is -0.530. The Kier molecular flexibility index (Phi) is 8.05. The number of quaternary nitrogens is 1. The van der Waals surface area contributed by atoms with Gasteiger partial charge in [0.1, 0.15) is 23.0 Å². The predicted octanol–water partition coefficient (Wildman–Crippen LogP) is 5.23. The lowest BCUT2D eigenvalue weighted by Crippen LogP contribution is -2.76. The quantitative estimate of drug-likeness (QED) is 0.216. The number of anilines is 1. The van der Waals surface area contributed by atoms with Crippen LogP contribution in [-0.2, 0) is 0 Å². The summed E-state index contributed by atoms with van der Waals surface area (Å²) in [5, 5.41) is 9.64. The molecule has 8 heteroatoms. The summed E-state index contributed by atoms with van der Waals surface area (Å²) < 4.78 is 28.5. The van der Waals surface area contributed by atoms with Crippen molar-refractivity contribution in [3.8, 4) is 11.5 Å². The van der Waals surface area contributed by atoms with Crippen LogP contribution in [0.4, 0.5) is 10.2 Å². The zero-order chi connectivity index (χ0) is 24.8. The van der Waals surface area contributed by atoms with Gasteiger partial charge in [-0.15, -0.1) is 0 Å². The maximum absolute atomic E-state index is 13.4. The third-order valence-corrected chi connectivity index (χ3v) is 6.47. The van der Waals surface area contributed by atoms with Crippen molar-refractivity contribution < 1.29 is 19.2 Å². The van der Waals surface area contributed by atoms with Crippen LogP contribution in [0.25, 0.3) is 5.70 Å². The van der Waals surface area contributed by atoms with E-state index in [1.807, 2.05) is 50.5 Å². The van der Waals surface area contributed by atoms with Gasteiger partial charge in [0.25, 0.3) is 0 Å². The number of pyridine rings is 1. The fraction of sp³-hybridized carbons (Fsp3) is 0.259. The van der Waals surface area contributed by atoms with Crippen molar-refractivity contribution in [1.29, 1.82) is 5.41 Å². The van der Waals surface area contributed by atoms with Crippen molar-refractivity contribution in [2.45, 2.75) is 37.2 Å². The first-order valence-corrected chi connectivity index (χ1v) is 12.4. The molecule has 1 atom stereocenters. The number of fused-ring (bicyclic) bond motifs is 1. The Morgan fingerprint density at radius 2 is 2.06 bits per heavy atom. The Balaban J connectivity index is 1.65. The molecule has 2 heterocycles. The van der Waals surface area contributed by atoms with Gasteiger partial charge in [0.2, 0.25) is 5.95 Å². The number of nitrogens with two attached hydrogens (primary N) is 1. The van der Waals surface area contributed by atoms with Crippen LogP contribution < -0.4 is 19.5 Å². The second kappa shape index (κ2) is 11.4. The van der Waals surface area contributed by atoms with Crippen LogP contribution in [0.1, 0.15) is 42.9 Å². The minimum atomic E-state index is -0.520. The summed E-state index contributed by atoms with van der Waals surface area (Å²) in [4.78, 5) is 4.78. The Morgan fingerprint density at radius 3 is 2.80 bits per heavy atom. The number of ether oxygens (including phenoxy) is 2. The summed E-state index contributed by atoms with van der Waals surface area (Å²) in [7, 11) is 1.98. The number of halogens is 1. The zero-order valence-electron chi connectivity index (χ0n) is 20.0. The molecule has 6 nitrogen and oxygen atoms in total. The SMILES string of the molecule is C[NH2+]C(=CC=N)c1cc(OC(C)C)ccc1C1CCOc2cc(SNc3cccc(F)n3)ccc21. The summed E-state index contributed by atoms with van der Waals surface area (Å²) in [5.41, 5.74) is 4.34. The van der Waals surface area contributed by atoms with Gasteiger partial charge in [0.05, 0.1) is 19.8 Å².